The number of esters is 1. The zero-order valence-corrected chi connectivity index (χ0v) is 11.3. The number of hydrogen-bond donors (Lipinski definition) is 0. The van der Waals surface area contributed by atoms with Crippen LogP contribution < -0.4 is 4.74 Å². The molecule has 0 atom stereocenters. The largest absolute Gasteiger partial charge is 0.469 e. The number of ether oxygens (including phenoxy) is 2. The first-order valence-electron chi connectivity index (χ1n) is 5.97. The minimum absolute atomic E-state index is 0.138. The Labute approximate surface area is 111 Å². The van der Waals surface area contributed by atoms with E-state index in [-0.39, 0.29) is 30.8 Å². The summed E-state index contributed by atoms with van der Waals surface area (Å²) in [6, 6.07) is 1.60. The summed E-state index contributed by atoms with van der Waals surface area (Å²) in [7, 11) is 1.32. The Hall–Kier alpha value is -2.05. The summed E-state index contributed by atoms with van der Waals surface area (Å²) in [5, 5.41) is 3.62. The molecular formula is C12H18N2O5. The zero-order chi connectivity index (χ0) is 14.3. The number of aromatic nitrogens is 1. The van der Waals surface area contributed by atoms with Crippen molar-refractivity contribution in [2.75, 3.05) is 26.8 Å². The molecule has 1 amide bonds. The summed E-state index contributed by atoms with van der Waals surface area (Å²) in [4.78, 5) is 24.4. The first kappa shape index (κ1) is 15.0. The van der Waals surface area contributed by atoms with Gasteiger partial charge in [0, 0.05) is 19.2 Å². The number of likely N-dealkylation sites (N-methyl/N-ethyl adjacent to an activating group) is 1. The van der Waals surface area contributed by atoms with Gasteiger partial charge < -0.3 is 18.9 Å². The molecule has 1 heterocycles. The third-order valence-corrected chi connectivity index (χ3v) is 2.50. The van der Waals surface area contributed by atoms with Crippen LogP contribution in [-0.4, -0.2) is 48.7 Å². The fraction of sp³-hybridized carbons (Fsp3) is 0.583. The van der Waals surface area contributed by atoms with Gasteiger partial charge in [0.15, 0.2) is 6.61 Å². The molecule has 0 unspecified atom stereocenters. The van der Waals surface area contributed by atoms with Crippen LogP contribution in [-0.2, 0) is 14.3 Å². The molecule has 1 aromatic heterocycles. The molecule has 0 radical (unpaired) electrons. The van der Waals surface area contributed by atoms with Crippen LogP contribution in [0, 0.1) is 6.92 Å². The highest BCUT2D eigenvalue weighted by Crippen LogP contribution is 2.09. The molecule has 0 aliphatic carbocycles. The molecule has 0 aliphatic heterocycles. The van der Waals surface area contributed by atoms with Gasteiger partial charge in [0.05, 0.1) is 13.5 Å². The lowest BCUT2D eigenvalue weighted by Crippen LogP contribution is -2.36. The summed E-state index contributed by atoms with van der Waals surface area (Å²) in [5.41, 5.74) is 0. The molecule has 0 aromatic carbocycles. The Kier molecular flexibility index (Phi) is 5.84. The number of nitrogens with zero attached hydrogens (tertiary/aromatic N) is 2. The van der Waals surface area contributed by atoms with Crippen LogP contribution in [0.3, 0.4) is 0 Å². The maximum Gasteiger partial charge on any atom is 0.307 e. The number of carbonyl (C=O) groups excluding carboxylic acids is 2. The van der Waals surface area contributed by atoms with Crippen molar-refractivity contribution in [3.8, 4) is 5.88 Å². The average molecular weight is 270 g/mol. The number of rotatable bonds is 7. The lowest BCUT2D eigenvalue weighted by molar-refractivity contribution is -0.142. The molecule has 0 fully saturated rings. The molecule has 0 bridgehead atoms. The zero-order valence-electron chi connectivity index (χ0n) is 11.3. The van der Waals surface area contributed by atoms with Crippen molar-refractivity contribution >= 4 is 11.9 Å². The maximum absolute atomic E-state index is 11.8. The highest BCUT2D eigenvalue weighted by molar-refractivity contribution is 5.78. The summed E-state index contributed by atoms with van der Waals surface area (Å²) < 4.78 is 14.5. The number of aryl methyl sites for hydroxylation is 1. The van der Waals surface area contributed by atoms with Crippen molar-refractivity contribution in [1.82, 2.24) is 10.1 Å². The van der Waals surface area contributed by atoms with Gasteiger partial charge in [-0.3, -0.25) is 9.59 Å². The average Bonchev–Trinajstić information content (AvgIpc) is 2.82. The molecular weight excluding hydrogens is 252 g/mol. The van der Waals surface area contributed by atoms with Crippen molar-refractivity contribution in [3.63, 3.8) is 0 Å². The summed E-state index contributed by atoms with van der Waals surface area (Å²) in [6.07, 6.45) is 0.166. The van der Waals surface area contributed by atoms with E-state index in [2.05, 4.69) is 9.89 Å². The second kappa shape index (κ2) is 7.40. The molecule has 0 saturated heterocycles. The minimum atomic E-state index is -0.348. The maximum atomic E-state index is 11.8. The Balaban J connectivity index is 2.38. The Morgan fingerprint density at radius 1 is 1.47 bits per heavy atom. The van der Waals surface area contributed by atoms with Crippen LogP contribution in [0.1, 0.15) is 19.1 Å². The molecule has 0 aliphatic rings. The standard InChI is InChI=1S/C12H18N2O5/c1-4-14(6-5-12(16)17-3)11(15)8-18-10-7-9(2)19-13-10/h7H,4-6,8H2,1-3H3. The Morgan fingerprint density at radius 3 is 2.74 bits per heavy atom. The lowest BCUT2D eigenvalue weighted by atomic mass is 10.3. The molecule has 0 N–H and O–H groups in total. The van der Waals surface area contributed by atoms with Gasteiger partial charge in [-0.1, -0.05) is 0 Å². The SMILES string of the molecule is CCN(CCC(=O)OC)C(=O)COc1cc(C)on1. The van der Waals surface area contributed by atoms with Gasteiger partial charge in [-0.25, -0.2) is 0 Å². The van der Waals surface area contributed by atoms with Crippen LogP contribution in [0.5, 0.6) is 5.88 Å². The smallest absolute Gasteiger partial charge is 0.307 e. The first-order valence-corrected chi connectivity index (χ1v) is 5.97. The van der Waals surface area contributed by atoms with Crippen molar-refractivity contribution in [2.24, 2.45) is 0 Å². The minimum Gasteiger partial charge on any atom is -0.469 e. The van der Waals surface area contributed by atoms with Crippen molar-refractivity contribution in [1.29, 1.82) is 0 Å². The number of amides is 1. The van der Waals surface area contributed by atoms with Gasteiger partial charge in [-0.2, -0.15) is 0 Å². The molecule has 7 heteroatoms. The predicted molar refractivity (Wildman–Crippen MR) is 65.6 cm³/mol. The molecule has 1 aromatic rings. The normalized spacial score (nSPS) is 10.1. The second-order valence-corrected chi connectivity index (χ2v) is 3.86. The van der Waals surface area contributed by atoms with Crippen molar-refractivity contribution in [2.45, 2.75) is 20.3 Å². The highest BCUT2D eigenvalue weighted by Gasteiger charge is 2.15. The summed E-state index contributed by atoms with van der Waals surface area (Å²) in [6.45, 7) is 4.23. The van der Waals surface area contributed by atoms with Gasteiger partial charge >= 0.3 is 5.97 Å². The van der Waals surface area contributed by atoms with E-state index in [4.69, 9.17) is 9.26 Å². The van der Waals surface area contributed by atoms with Crippen LogP contribution in [0.25, 0.3) is 0 Å². The fourth-order valence-corrected chi connectivity index (χ4v) is 1.43. The summed E-state index contributed by atoms with van der Waals surface area (Å²) in [5.74, 6) is 0.321. The van der Waals surface area contributed by atoms with E-state index in [0.717, 1.165) is 0 Å². The summed E-state index contributed by atoms with van der Waals surface area (Å²) >= 11 is 0. The van der Waals surface area contributed by atoms with E-state index in [1.54, 1.807) is 13.0 Å². The van der Waals surface area contributed by atoms with Gasteiger partial charge in [0.1, 0.15) is 5.76 Å². The van der Waals surface area contributed by atoms with E-state index in [0.29, 0.717) is 18.8 Å². The number of carbonyl (C=O) groups is 2. The van der Waals surface area contributed by atoms with E-state index in [1.165, 1.54) is 12.0 Å². The van der Waals surface area contributed by atoms with E-state index in [9.17, 15) is 9.59 Å². The number of hydrogen-bond acceptors (Lipinski definition) is 6. The predicted octanol–water partition coefficient (Wildman–Crippen LogP) is 0.773. The number of methoxy groups -OCH3 is 1. The van der Waals surface area contributed by atoms with E-state index in [1.807, 2.05) is 6.92 Å². The molecule has 19 heavy (non-hydrogen) atoms. The fourth-order valence-electron chi connectivity index (χ4n) is 1.43. The Bertz CT molecular complexity index is 430. The topological polar surface area (TPSA) is 81.9 Å². The second-order valence-electron chi connectivity index (χ2n) is 3.86. The van der Waals surface area contributed by atoms with E-state index >= 15 is 0 Å². The molecule has 1 rings (SSSR count). The van der Waals surface area contributed by atoms with Crippen LogP contribution >= 0.6 is 0 Å². The van der Waals surface area contributed by atoms with Crippen molar-refractivity contribution in [3.05, 3.63) is 11.8 Å². The molecule has 0 saturated carbocycles. The van der Waals surface area contributed by atoms with Gasteiger partial charge in [-0.15, -0.1) is 0 Å². The van der Waals surface area contributed by atoms with Crippen molar-refractivity contribution < 1.29 is 23.6 Å². The van der Waals surface area contributed by atoms with Gasteiger partial charge in [0.2, 0.25) is 0 Å². The Morgan fingerprint density at radius 2 is 2.21 bits per heavy atom. The quantitative estimate of drug-likeness (QED) is 0.681. The molecule has 0 spiro atoms. The van der Waals surface area contributed by atoms with Crippen LogP contribution in [0.4, 0.5) is 0 Å². The lowest BCUT2D eigenvalue weighted by Gasteiger charge is -2.19. The van der Waals surface area contributed by atoms with Crippen LogP contribution in [0.2, 0.25) is 0 Å². The first-order chi connectivity index (χ1) is 9.06. The third-order valence-electron chi connectivity index (χ3n) is 2.50. The molecule has 106 valence electrons. The van der Waals surface area contributed by atoms with Gasteiger partial charge in [0.25, 0.3) is 11.8 Å². The third kappa shape index (κ3) is 4.99. The highest BCUT2D eigenvalue weighted by atomic mass is 16.5. The van der Waals surface area contributed by atoms with Gasteiger partial charge in [-0.05, 0) is 19.0 Å². The monoisotopic (exact) mass is 270 g/mol. The van der Waals surface area contributed by atoms with Crippen LogP contribution in [0.15, 0.2) is 10.6 Å². The van der Waals surface area contributed by atoms with E-state index < -0.39 is 0 Å². The molecule has 7 nitrogen and oxygen atoms in total.